The molecule has 6 nitrogen and oxygen atoms in total. The molecule has 34 heavy (non-hydrogen) atoms. The van der Waals surface area contributed by atoms with Crippen LogP contribution >= 0.6 is 0 Å². The maximum absolute atomic E-state index is 12.6. The Balaban J connectivity index is 0.00000544. The normalized spacial score (nSPS) is 11.9. The number of hydrogen-bond acceptors (Lipinski definition) is 4. The third-order valence-electron chi connectivity index (χ3n) is 5.17. The van der Waals surface area contributed by atoms with Gasteiger partial charge < -0.3 is 44.9 Å². The summed E-state index contributed by atoms with van der Waals surface area (Å²) in [5, 5.41) is 4.05. The van der Waals surface area contributed by atoms with E-state index in [1.807, 2.05) is 85.1 Å². The van der Waals surface area contributed by atoms with Gasteiger partial charge in [0.25, 0.3) is 0 Å². The minimum absolute atomic E-state index is 0. The fourth-order valence-corrected chi connectivity index (χ4v) is 3.48. The van der Waals surface area contributed by atoms with Crippen LogP contribution < -0.4 is 35.4 Å². The molecule has 0 saturated heterocycles. The number of carbonyl (C=O) groups is 2. The summed E-state index contributed by atoms with van der Waals surface area (Å²) >= 11 is 0. The number of esters is 2. The van der Waals surface area contributed by atoms with Crippen LogP contribution in [-0.4, -0.2) is 50.3 Å². The van der Waals surface area contributed by atoms with Crippen molar-refractivity contribution in [1.82, 2.24) is 0 Å². The lowest BCUT2D eigenvalue weighted by molar-refractivity contribution is -0.743. The van der Waals surface area contributed by atoms with Crippen LogP contribution in [0.15, 0.2) is 60.7 Å². The molecule has 4 N–H and O–H groups in total. The van der Waals surface area contributed by atoms with Gasteiger partial charge in [0.1, 0.15) is 13.1 Å². The predicted molar refractivity (Wildman–Crippen MR) is 124 cm³/mol. The van der Waals surface area contributed by atoms with Gasteiger partial charge in [-0.2, -0.15) is 0 Å². The molecule has 0 aromatic heterocycles. The van der Waals surface area contributed by atoms with E-state index in [4.69, 9.17) is 9.47 Å². The molecule has 0 aliphatic heterocycles. The highest BCUT2D eigenvalue weighted by Crippen LogP contribution is 2.04. The van der Waals surface area contributed by atoms with E-state index in [0.717, 1.165) is 24.0 Å². The smallest absolute Gasteiger partial charge is 0.365 e. The van der Waals surface area contributed by atoms with Gasteiger partial charge in [-0.15, -0.1) is 0 Å². The third-order valence-corrected chi connectivity index (χ3v) is 5.17. The molecule has 0 unspecified atom stereocenters. The Morgan fingerprint density at radius 3 is 1.35 bits per heavy atom. The SMILES string of the molecule is CCCOC(=O)[C@H](Cc1ccccc1)[NH2+]CC[NH2+][C@@H](Cc1ccccc1)C(=O)OCCC.[Cl-].[Cl-]. The topological polar surface area (TPSA) is 85.8 Å². The van der Waals surface area contributed by atoms with E-state index in [0.29, 0.717) is 39.1 Å². The summed E-state index contributed by atoms with van der Waals surface area (Å²) in [5.74, 6) is -0.363. The van der Waals surface area contributed by atoms with Gasteiger partial charge in [-0.3, -0.25) is 0 Å². The van der Waals surface area contributed by atoms with E-state index in [1.165, 1.54) is 0 Å². The summed E-state index contributed by atoms with van der Waals surface area (Å²) in [5.41, 5.74) is 2.22. The molecular weight excluding hydrogens is 475 g/mol. The van der Waals surface area contributed by atoms with Crippen molar-refractivity contribution in [2.45, 2.75) is 51.6 Å². The van der Waals surface area contributed by atoms with Gasteiger partial charge in [-0.05, 0) is 24.0 Å². The average molecular weight is 514 g/mol. The summed E-state index contributed by atoms with van der Waals surface area (Å²) < 4.78 is 10.8. The first-order valence-corrected chi connectivity index (χ1v) is 11.7. The Labute approximate surface area is 216 Å². The van der Waals surface area contributed by atoms with Crippen molar-refractivity contribution in [2.24, 2.45) is 0 Å². The molecular formula is C26H38Cl2N2O4. The number of benzene rings is 2. The lowest BCUT2D eigenvalue weighted by Crippen LogP contribution is -3.01. The van der Waals surface area contributed by atoms with E-state index in [-0.39, 0.29) is 48.8 Å². The zero-order valence-electron chi connectivity index (χ0n) is 20.1. The Hall–Kier alpha value is -2.12. The number of nitrogens with two attached hydrogens (primary N) is 2. The molecule has 0 fully saturated rings. The zero-order chi connectivity index (χ0) is 23.0. The van der Waals surface area contributed by atoms with Gasteiger partial charge >= 0.3 is 11.9 Å². The minimum Gasteiger partial charge on any atom is -1.00 e. The Morgan fingerprint density at radius 1 is 0.676 bits per heavy atom. The lowest BCUT2D eigenvalue weighted by atomic mass is 10.1. The number of quaternary nitrogens is 2. The first-order valence-electron chi connectivity index (χ1n) is 11.7. The standard InChI is InChI=1S/C26H36N2O4.2ClH/c1-3-17-31-25(29)23(19-21-11-7-5-8-12-21)27-15-16-28-24(26(30)32-18-4-2)20-22-13-9-6-10-14-22;;/h5-14,23-24,27-28H,3-4,15-20H2,1-2H3;2*1H/t23-,24-;;/m0../s1. The van der Waals surface area contributed by atoms with Crippen molar-refractivity contribution in [3.05, 3.63) is 71.8 Å². The van der Waals surface area contributed by atoms with E-state index in [1.54, 1.807) is 0 Å². The summed E-state index contributed by atoms with van der Waals surface area (Å²) in [6, 6.07) is 19.4. The van der Waals surface area contributed by atoms with Crippen LogP contribution in [0.1, 0.15) is 37.8 Å². The second-order valence-corrected chi connectivity index (χ2v) is 7.98. The summed E-state index contributed by atoms with van der Waals surface area (Å²) in [6.45, 7) is 6.25. The van der Waals surface area contributed by atoms with Crippen molar-refractivity contribution >= 4 is 11.9 Å². The largest absolute Gasteiger partial charge is 1.00 e. The molecule has 2 aromatic rings. The Morgan fingerprint density at radius 2 is 1.03 bits per heavy atom. The molecule has 2 aromatic carbocycles. The molecule has 8 heteroatoms. The van der Waals surface area contributed by atoms with Gasteiger partial charge in [0.15, 0.2) is 12.1 Å². The van der Waals surface area contributed by atoms with E-state index < -0.39 is 0 Å². The quantitative estimate of drug-likeness (QED) is 0.185. The van der Waals surface area contributed by atoms with Crippen molar-refractivity contribution < 1.29 is 54.5 Å². The van der Waals surface area contributed by atoms with Crippen molar-refractivity contribution in [1.29, 1.82) is 0 Å². The van der Waals surface area contributed by atoms with Crippen molar-refractivity contribution in [3.8, 4) is 0 Å². The first-order chi connectivity index (χ1) is 15.6. The predicted octanol–water partition coefficient (Wildman–Crippen LogP) is -4.75. The molecule has 0 heterocycles. The maximum Gasteiger partial charge on any atom is 0.365 e. The average Bonchev–Trinajstić information content (AvgIpc) is 2.83. The Bertz CT molecular complexity index is 726. The molecule has 0 aliphatic carbocycles. The molecule has 2 atom stereocenters. The number of hydrogen-bond donors (Lipinski definition) is 2. The van der Waals surface area contributed by atoms with Crippen LogP contribution in [0.2, 0.25) is 0 Å². The van der Waals surface area contributed by atoms with Gasteiger partial charge in [0, 0.05) is 12.8 Å². The lowest BCUT2D eigenvalue weighted by Gasteiger charge is -2.17. The fourth-order valence-electron chi connectivity index (χ4n) is 3.48. The second kappa shape index (κ2) is 19.2. The van der Waals surface area contributed by atoms with Crippen molar-refractivity contribution in [2.75, 3.05) is 26.3 Å². The van der Waals surface area contributed by atoms with E-state index in [2.05, 4.69) is 0 Å². The van der Waals surface area contributed by atoms with Crippen LogP contribution in [0.3, 0.4) is 0 Å². The fraction of sp³-hybridized carbons (Fsp3) is 0.462. The molecule has 0 saturated carbocycles. The highest BCUT2D eigenvalue weighted by atomic mass is 35.5. The minimum atomic E-state index is -0.294. The van der Waals surface area contributed by atoms with Crippen LogP contribution in [0.5, 0.6) is 0 Å². The number of ether oxygens (including phenoxy) is 2. The monoisotopic (exact) mass is 512 g/mol. The third kappa shape index (κ3) is 12.4. The second-order valence-electron chi connectivity index (χ2n) is 7.98. The maximum atomic E-state index is 12.6. The van der Waals surface area contributed by atoms with Gasteiger partial charge in [0.2, 0.25) is 0 Å². The summed E-state index contributed by atoms with van der Waals surface area (Å²) in [7, 11) is 0. The van der Waals surface area contributed by atoms with E-state index in [9.17, 15) is 9.59 Å². The number of carbonyl (C=O) groups excluding carboxylic acids is 2. The summed E-state index contributed by atoms with van der Waals surface area (Å²) in [4.78, 5) is 25.1. The first kappa shape index (κ1) is 31.9. The van der Waals surface area contributed by atoms with Crippen molar-refractivity contribution in [3.63, 3.8) is 0 Å². The molecule has 0 amide bonds. The highest BCUT2D eigenvalue weighted by molar-refractivity contribution is 5.75. The molecule has 0 bridgehead atoms. The van der Waals surface area contributed by atoms with Gasteiger partial charge in [-0.1, -0.05) is 74.5 Å². The van der Waals surface area contributed by atoms with Gasteiger partial charge in [-0.25, -0.2) is 9.59 Å². The van der Waals surface area contributed by atoms with E-state index >= 15 is 0 Å². The zero-order valence-corrected chi connectivity index (χ0v) is 21.6. The molecule has 0 radical (unpaired) electrons. The van der Waals surface area contributed by atoms with Crippen LogP contribution in [-0.2, 0) is 31.9 Å². The molecule has 2 rings (SSSR count). The molecule has 0 aliphatic rings. The Kier molecular flexibility index (Phi) is 18.0. The summed E-state index contributed by atoms with van der Waals surface area (Å²) in [6.07, 6.45) is 2.85. The van der Waals surface area contributed by atoms with Crippen LogP contribution in [0.25, 0.3) is 0 Å². The van der Waals surface area contributed by atoms with Gasteiger partial charge in [0.05, 0.1) is 13.2 Å². The molecule has 0 spiro atoms. The number of halogens is 2. The van der Waals surface area contributed by atoms with Crippen LogP contribution in [0.4, 0.5) is 0 Å². The highest BCUT2D eigenvalue weighted by Gasteiger charge is 2.26. The molecule has 190 valence electrons. The number of rotatable bonds is 15. The van der Waals surface area contributed by atoms with Crippen LogP contribution in [0, 0.1) is 0 Å².